The van der Waals surface area contributed by atoms with Crippen LogP contribution in [-0.2, 0) is 14.8 Å². The summed E-state index contributed by atoms with van der Waals surface area (Å²) in [6.45, 7) is 0.220. The van der Waals surface area contributed by atoms with E-state index in [1.807, 2.05) is 0 Å². The van der Waals surface area contributed by atoms with Crippen LogP contribution in [0.1, 0.15) is 38.5 Å². The van der Waals surface area contributed by atoms with E-state index in [1.54, 1.807) is 43.3 Å². The fraction of sp³-hybridized carbons (Fsp3) is 0.632. The highest BCUT2D eigenvalue weighted by Crippen LogP contribution is 2.24. The average Bonchev–Trinajstić information content (AvgIpc) is 2.64. The highest BCUT2D eigenvalue weighted by molar-refractivity contribution is 7.92. The van der Waals surface area contributed by atoms with Gasteiger partial charge in [0.15, 0.2) is 0 Å². The summed E-state index contributed by atoms with van der Waals surface area (Å²) in [6.07, 6.45) is 4.87. The Labute approximate surface area is 162 Å². The molecule has 27 heavy (non-hydrogen) atoms. The SMILES string of the molecule is COc1ccc(N(CCCC(=O)N(C)[C@@H]2CCCC[C@H]2O)S(C)(=O)=O)cc1. The molecule has 1 aromatic rings. The summed E-state index contributed by atoms with van der Waals surface area (Å²) in [4.78, 5) is 14.1. The van der Waals surface area contributed by atoms with Gasteiger partial charge in [-0.1, -0.05) is 12.8 Å². The number of rotatable bonds is 8. The van der Waals surface area contributed by atoms with Crippen molar-refractivity contribution in [3.05, 3.63) is 24.3 Å². The molecule has 1 aromatic carbocycles. The number of likely N-dealkylation sites (N-methyl/N-ethyl adjacent to an activating group) is 1. The first-order chi connectivity index (χ1) is 12.7. The van der Waals surface area contributed by atoms with Crippen molar-refractivity contribution in [3.8, 4) is 5.75 Å². The van der Waals surface area contributed by atoms with Gasteiger partial charge >= 0.3 is 0 Å². The highest BCUT2D eigenvalue weighted by Gasteiger charge is 2.29. The second-order valence-corrected chi connectivity index (χ2v) is 8.97. The molecule has 1 amide bonds. The van der Waals surface area contributed by atoms with E-state index in [9.17, 15) is 18.3 Å². The Balaban J connectivity index is 1.95. The van der Waals surface area contributed by atoms with Gasteiger partial charge in [0.25, 0.3) is 0 Å². The van der Waals surface area contributed by atoms with Gasteiger partial charge in [0.05, 0.1) is 31.2 Å². The standard InChI is InChI=1S/C19H30N2O5S/c1-20(17-7-4-5-8-18(17)22)19(23)9-6-14-21(27(3,24)25)15-10-12-16(26-2)13-11-15/h10-13,17-18,22H,4-9,14H2,1-3H3/t17-,18-/m1/s1. The normalized spacial score (nSPS) is 20.1. The van der Waals surface area contributed by atoms with Crippen LogP contribution in [0.15, 0.2) is 24.3 Å². The van der Waals surface area contributed by atoms with Gasteiger partial charge in [-0.05, 0) is 43.5 Å². The monoisotopic (exact) mass is 398 g/mol. The molecule has 1 N–H and O–H groups in total. The lowest BCUT2D eigenvalue weighted by Gasteiger charge is -2.35. The van der Waals surface area contributed by atoms with Gasteiger partial charge < -0.3 is 14.7 Å². The number of hydrogen-bond acceptors (Lipinski definition) is 5. The van der Waals surface area contributed by atoms with Crippen LogP contribution >= 0.6 is 0 Å². The molecular weight excluding hydrogens is 368 g/mol. The van der Waals surface area contributed by atoms with Crippen LogP contribution in [0.4, 0.5) is 5.69 Å². The number of carbonyl (C=O) groups is 1. The lowest BCUT2D eigenvalue weighted by atomic mass is 9.91. The molecule has 8 heteroatoms. The summed E-state index contributed by atoms with van der Waals surface area (Å²) in [5.41, 5.74) is 0.543. The molecule has 1 aliphatic carbocycles. The molecule has 0 aromatic heterocycles. The molecular formula is C19H30N2O5S. The molecule has 152 valence electrons. The maximum absolute atomic E-state index is 12.5. The lowest BCUT2D eigenvalue weighted by Crippen LogP contribution is -2.46. The Morgan fingerprint density at radius 2 is 1.85 bits per heavy atom. The molecule has 0 bridgehead atoms. The molecule has 1 saturated carbocycles. The number of carbonyl (C=O) groups excluding carboxylic acids is 1. The summed E-state index contributed by atoms with van der Waals surface area (Å²) in [5.74, 6) is 0.583. The predicted octanol–water partition coefficient (Wildman–Crippen LogP) is 2.00. The predicted molar refractivity (Wildman–Crippen MR) is 105 cm³/mol. The highest BCUT2D eigenvalue weighted by atomic mass is 32.2. The van der Waals surface area contributed by atoms with Crippen molar-refractivity contribution in [2.75, 3.05) is 31.3 Å². The van der Waals surface area contributed by atoms with Gasteiger partial charge in [-0.25, -0.2) is 8.42 Å². The van der Waals surface area contributed by atoms with Crippen LogP contribution in [0.25, 0.3) is 0 Å². The third-order valence-electron chi connectivity index (χ3n) is 5.10. The van der Waals surface area contributed by atoms with Gasteiger partial charge in [-0.2, -0.15) is 0 Å². The minimum atomic E-state index is -3.46. The summed E-state index contributed by atoms with van der Waals surface area (Å²) in [6, 6.07) is 6.64. The van der Waals surface area contributed by atoms with Crippen molar-refractivity contribution in [1.82, 2.24) is 4.90 Å². The van der Waals surface area contributed by atoms with Crippen molar-refractivity contribution >= 4 is 21.6 Å². The Hall–Kier alpha value is -1.80. The molecule has 0 saturated heterocycles. The lowest BCUT2D eigenvalue weighted by molar-refractivity contribution is -0.135. The number of anilines is 1. The summed E-state index contributed by atoms with van der Waals surface area (Å²) >= 11 is 0. The number of aliphatic hydroxyl groups excluding tert-OH is 1. The van der Waals surface area contributed by atoms with E-state index in [2.05, 4.69) is 0 Å². The fourth-order valence-electron chi connectivity index (χ4n) is 3.51. The zero-order valence-electron chi connectivity index (χ0n) is 16.3. The van der Waals surface area contributed by atoms with E-state index in [0.717, 1.165) is 31.9 Å². The Morgan fingerprint density at radius 3 is 2.41 bits per heavy atom. The number of nitrogens with zero attached hydrogens (tertiary/aromatic N) is 2. The number of hydrogen-bond donors (Lipinski definition) is 1. The molecule has 1 aliphatic rings. The molecule has 0 aliphatic heterocycles. The molecule has 0 spiro atoms. The largest absolute Gasteiger partial charge is 0.497 e. The zero-order chi connectivity index (χ0) is 20.0. The van der Waals surface area contributed by atoms with Crippen molar-refractivity contribution in [2.24, 2.45) is 0 Å². The first kappa shape index (κ1) is 21.5. The maximum Gasteiger partial charge on any atom is 0.232 e. The van der Waals surface area contributed by atoms with Crippen LogP contribution in [0.5, 0.6) is 5.75 Å². The third-order valence-corrected chi connectivity index (χ3v) is 6.29. The fourth-order valence-corrected chi connectivity index (χ4v) is 4.48. The van der Waals surface area contributed by atoms with E-state index in [-0.39, 0.29) is 24.9 Å². The Bertz CT molecular complexity index is 720. The van der Waals surface area contributed by atoms with Crippen LogP contribution in [0, 0.1) is 0 Å². The smallest absolute Gasteiger partial charge is 0.232 e. The molecule has 0 unspecified atom stereocenters. The first-order valence-electron chi connectivity index (χ1n) is 9.29. The summed E-state index contributed by atoms with van der Waals surface area (Å²) in [7, 11) is -0.185. The van der Waals surface area contributed by atoms with Crippen LogP contribution in [-0.4, -0.2) is 63.4 Å². The molecule has 1 fully saturated rings. The Morgan fingerprint density at radius 1 is 1.22 bits per heavy atom. The number of sulfonamides is 1. The quantitative estimate of drug-likeness (QED) is 0.724. The average molecular weight is 399 g/mol. The number of amides is 1. The van der Waals surface area contributed by atoms with E-state index < -0.39 is 16.1 Å². The second-order valence-electron chi connectivity index (χ2n) is 7.06. The molecule has 0 radical (unpaired) electrons. The zero-order valence-corrected chi connectivity index (χ0v) is 17.1. The molecule has 2 atom stereocenters. The van der Waals surface area contributed by atoms with Crippen molar-refractivity contribution in [1.29, 1.82) is 0 Å². The second kappa shape index (κ2) is 9.41. The van der Waals surface area contributed by atoms with Gasteiger partial charge in [-0.3, -0.25) is 9.10 Å². The van der Waals surface area contributed by atoms with Crippen LogP contribution in [0.2, 0.25) is 0 Å². The van der Waals surface area contributed by atoms with Crippen molar-refractivity contribution in [3.63, 3.8) is 0 Å². The van der Waals surface area contributed by atoms with E-state index in [4.69, 9.17) is 4.74 Å². The molecule has 7 nitrogen and oxygen atoms in total. The van der Waals surface area contributed by atoms with Crippen LogP contribution < -0.4 is 9.04 Å². The third kappa shape index (κ3) is 5.84. The van der Waals surface area contributed by atoms with Gasteiger partial charge in [0.1, 0.15) is 5.75 Å². The number of ether oxygens (including phenoxy) is 1. The van der Waals surface area contributed by atoms with Gasteiger partial charge in [0.2, 0.25) is 15.9 Å². The Kier molecular flexibility index (Phi) is 7.49. The number of benzene rings is 1. The maximum atomic E-state index is 12.5. The van der Waals surface area contributed by atoms with E-state index in [1.165, 1.54) is 4.31 Å². The van der Waals surface area contributed by atoms with E-state index in [0.29, 0.717) is 17.9 Å². The van der Waals surface area contributed by atoms with E-state index >= 15 is 0 Å². The van der Waals surface area contributed by atoms with Crippen molar-refractivity contribution in [2.45, 2.75) is 50.7 Å². The number of methoxy groups -OCH3 is 1. The first-order valence-corrected chi connectivity index (χ1v) is 11.1. The number of aliphatic hydroxyl groups is 1. The molecule has 2 rings (SSSR count). The minimum Gasteiger partial charge on any atom is -0.497 e. The summed E-state index contributed by atoms with van der Waals surface area (Å²) in [5, 5.41) is 10.1. The summed E-state index contributed by atoms with van der Waals surface area (Å²) < 4.78 is 30.7. The van der Waals surface area contributed by atoms with Crippen molar-refractivity contribution < 1.29 is 23.1 Å². The van der Waals surface area contributed by atoms with Gasteiger partial charge in [0, 0.05) is 20.0 Å². The van der Waals surface area contributed by atoms with Gasteiger partial charge in [-0.15, -0.1) is 0 Å². The van der Waals surface area contributed by atoms with Crippen LogP contribution in [0.3, 0.4) is 0 Å². The minimum absolute atomic E-state index is 0.0656. The topological polar surface area (TPSA) is 87.2 Å². The molecule has 0 heterocycles.